The Morgan fingerprint density at radius 1 is 1.29 bits per heavy atom. The van der Waals surface area contributed by atoms with Crippen LogP contribution in [0.5, 0.6) is 11.5 Å². The predicted molar refractivity (Wildman–Crippen MR) is 83.0 cm³/mol. The van der Waals surface area contributed by atoms with Gasteiger partial charge in [0.2, 0.25) is 5.91 Å². The quantitative estimate of drug-likeness (QED) is 0.807. The van der Waals surface area contributed by atoms with Crippen molar-refractivity contribution in [3.8, 4) is 11.5 Å². The molecule has 0 atom stereocenters. The van der Waals surface area contributed by atoms with E-state index in [1.807, 2.05) is 6.92 Å². The molecule has 1 aliphatic rings. The standard InChI is InChI=1S/C15H23N3O3/c1-10-14(20-2)11(16)8-12(15(10)21-3)17-13(19)9-18-6-4-5-7-18/h8H,4-7,9,16H2,1-3H3,(H,17,19). The Hall–Kier alpha value is -1.95. The first kappa shape index (κ1) is 15.4. The van der Waals surface area contributed by atoms with Crippen LogP contribution in [0.3, 0.4) is 0 Å². The fraction of sp³-hybridized carbons (Fsp3) is 0.533. The lowest BCUT2D eigenvalue weighted by Crippen LogP contribution is -2.31. The van der Waals surface area contributed by atoms with Gasteiger partial charge >= 0.3 is 0 Å². The van der Waals surface area contributed by atoms with Crippen molar-refractivity contribution in [2.24, 2.45) is 0 Å². The lowest BCUT2D eigenvalue weighted by molar-refractivity contribution is -0.117. The maximum absolute atomic E-state index is 12.1. The number of nitrogens with two attached hydrogens (primary N) is 1. The summed E-state index contributed by atoms with van der Waals surface area (Å²) in [5, 5.41) is 2.88. The minimum atomic E-state index is -0.0563. The Labute approximate surface area is 125 Å². The monoisotopic (exact) mass is 293 g/mol. The van der Waals surface area contributed by atoms with E-state index in [9.17, 15) is 4.79 Å². The summed E-state index contributed by atoms with van der Waals surface area (Å²) in [4.78, 5) is 14.3. The summed E-state index contributed by atoms with van der Waals surface area (Å²) in [6, 6.07) is 1.67. The zero-order chi connectivity index (χ0) is 15.4. The fourth-order valence-corrected chi connectivity index (χ4v) is 2.77. The van der Waals surface area contributed by atoms with E-state index in [-0.39, 0.29) is 5.91 Å². The molecule has 2 rings (SSSR count). The van der Waals surface area contributed by atoms with Crippen molar-refractivity contribution < 1.29 is 14.3 Å². The number of carbonyl (C=O) groups is 1. The average Bonchev–Trinajstić information content (AvgIpc) is 2.92. The van der Waals surface area contributed by atoms with E-state index in [0.717, 1.165) is 31.5 Å². The van der Waals surface area contributed by atoms with Crippen molar-refractivity contribution in [1.82, 2.24) is 4.90 Å². The van der Waals surface area contributed by atoms with Crippen LogP contribution in [0.2, 0.25) is 0 Å². The molecule has 0 radical (unpaired) electrons. The Morgan fingerprint density at radius 2 is 1.90 bits per heavy atom. The zero-order valence-corrected chi connectivity index (χ0v) is 12.9. The molecule has 1 saturated heterocycles. The van der Waals surface area contributed by atoms with Crippen LogP contribution in [0, 0.1) is 6.92 Å². The van der Waals surface area contributed by atoms with Crippen molar-refractivity contribution in [2.75, 3.05) is 44.9 Å². The molecule has 0 spiro atoms. The van der Waals surface area contributed by atoms with Gasteiger partial charge in [-0.1, -0.05) is 0 Å². The van der Waals surface area contributed by atoms with Gasteiger partial charge in [-0.2, -0.15) is 0 Å². The second kappa shape index (κ2) is 6.67. The topological polar surface area (TPSA) is 76.8 Å². The highest BCUT2D eigenvalue weighted by molar-refractivity contribution is 5.95. The molecule has 3 N–H and O–H groups in total. The Kier molecular flexibility index (Phi) is 4.90. The van der Waals surface area contributed by atoms with Crippen LogP contribution < -0.4 is 20.5 Å². The highest BCUT2D eigenvalue weighted by Gasteiger charge is 2.19. The molecule has 116 valence electrons. The molecule has 1 fully saturated rings. The number of amides is 1. The van der Waals surface area contributed by atoms with Gasteiger partial charge in [-0.15, -0.1) is 0 Å². The Bertz CT molecular complexity index is 525. The molecule has 6 nitrogen and oxygen atoms in total. The number of carbonyl (C=O) groups excluding carboxylic acids is 1. The summed E-state index contributed by atoms with van der Waals surface area (Å²) in [5.41, 5.74) is 7.79. The van der Waals surface area contributed by atoms with Gasteiger partial charge < -0.3 is 20.5 Å². The van der Waals surface area contributed by atoms with Crippen LogP contribution in [0.15, 0.2) is 6.07 Å². The number of ether oxygens (including phenoxy) is 2. The van der Waals surface area contributed by atoms with E-state index >= 15 is 0 Å². The van der Waals surface area contributed by atoms with Crippen molar-refractivity contribution in [1.29, 1.82) is 0 Å². The van der Waals surface area contributed by atoms with Crippen molar-refractivity contribution in [3.05, 3.63) is 11.6 Å². The predicted octanol–water partition coefficient (Wildman–Crippen LogP) is 1.63. The molecule has 1 aliphatic heterocycles. The van der Waals surface area contributed by atoms with E-state index < -0.39 is 0 Å². The third-order valence-electron chi connectivity index (χ3n) is 3.74. The van der Waals surface area contributed by atoms with E-state index in [0.29, 0.717) is 29.4 Å². The number of nitrogens with one attached hydrogen (secondary N) is 1. The van der Waals surface area contributed by atoms with Crippen LogP contribution in [0.1, 0.15) is 18.4 Å². The van der Waals surface area contributed by atoms with Gasteiger partial charge in [0, 0.05) is 5.56 Å². The molecule has 1 amide bonds. The highest BCUT2D eigenvalue weighted by Crippen LogP contribution is 2.39. The molecule has 0 saturated carbocycles. The smallest absolute Gasteiger partial charge is 0.238 e. The summed E-state index contributed by atoms with van der Waals surface area (Å²) in [6.45, 7) is 4.21. The number of methoxy groups -OCH3 is 2. The van der Waals surface area contributed by atoms with Crippen LogP contribution in [0.25, 0.3) is 0 Å². The number of likely N-dealkylation sites (tertiary alicyclic amines) is 1. The second-order valence-corrected chi connectivity index (χ2v) is 5.24. The number of anilines is 2. The maximum Gasteiger partial charge on any atom is 0.238 e. The molecule has 6 heteroatoms. The zero-order valence-electron chi connectivity index (χ0n) is 12.9. The molecular weight excluding hydrogens is 270 g/mol. The Morgan fingerprint density at radius 3 is 2.48 bits per heavy atom. The molecular formula is C15H23N3O3. The summed E-state index contributed by atoms with van der Waals surface area (Å²) in [6.07, 6.45) is 2.32. The minimum Gasteiger partial charge on any atom is -0.494 e. The third kappa shape index (κ3) is 3.39. The summed E-state index contributed by atoms with van der Waals surface area (Å²) in [7, 11) is 3.12. The van der Waals surface area contributed by atoms with Crippen LogP contribution in [-0.4, -0.2) is 44.7 Å². The summed E-state index contributed by atoms with van der Waals surface area (Å²) in [5.74, 6) is 1.10. The van der Waals surface area contributed by atoms with Gasteiger partial charge in [0.05, 0.1) is 32.1 Å². The lowest BCUT2D eigenvalue weighted by Gasteiger charge is -2.19. The van der Waals surface area contributed by atoms with Gasteiger partial charge in [-0.3, -0.25) is 9.69 Å². The first-order valence-corrected chi connectivity index (χ1v) is 7.10. The third-order valence-corrected chi connectivity index (χ3v) is 3.74. The first-order valence-electron chi connectivity index (χ1n) is 7.10. The number of nitrogen functional groups attached to an aromatic ring is 1. The number of hydrogen-bond donors (Lipinski definition) is 2. The van der Waals surface area contributed by atoms with Crippen LogP contribution in [0.4, 0.5) is 11.4 Å². The van der Waals surface area contributed by atoms with Crippen LogP contribution in [-0.2, 0) is 4.79 Å². The minimum absolute atomic E-state index is 0.0563. The first-order chi connectivity index (χ1) is 10.1. The molecule has 1 aromatic carbocycles. The molecule has 1 aromatic rings. The Balaban J connectivity index is 2.16. The van der Waals surface area contributed by atoms with Crippen LogP contribution >= 0.6 is 0 Å². The van der Waals surface area contributed by atoms with Gasteiger partial charge in [0.15, 0.2) is 0 Å². The molecule has 21 heavy (non-hydrogen) atoms. The highest BCUT2D eigenvalue weighted by atomic mass is 16.5. The maximum atomic E-state index is 12.1. The number of nitrogens with zero attached hydrogens (tertiary/aromatic N) is 1. The fourth-order valence-electron chi connectivity index (χ4n) is 2.77. The SMILES string of the molecule is COc1c(N)cc(NC(=O)CN2CCCC2)c(OC)c1C. The number of hydrogen-bond acceptors (Lipinski definition) is 5. The van der Waals surface area contributed by atoms with Gasteiger partial charge in [-0.05, 0) is 38.9 Å². The molecule has 1 heterocycles. The van der Waals surface area contributed by atoms with Crippen molar-refractivity contribution in [3.63, 3.8) is 0 Å². The molecule has 0 aliphatic carbocycles. The average molecular weight is 293 g/mol. The summed E-state index contributed by atoms with van der Waals surface area (Å²) < 4.78 is 10.6. The number of benzene rings is 1. The lowest BCUT2D eigenvalue weighted by atomic mass is 10.1. The largest absolute Gasteiger partial charge is 0.494 e. The van der Waals surface area contributed by atoms with Gasteiger partial charge in [0.25, 0.3) is 0 Å². The van der Waals surface area contributed by atoms with Crippen molar-refractivity contribution in [2.45, 2.75) is 19.8 Å². The molecule has 0 aromatic heterocycles. The number of rotatable bonds is 5. The second-order valence-electron chi connectivity index (χ2n) is 5.24. The summed E-state index contributed by atoms with van der Waals surface area (Å²) >= 11 is 0. The van der Waals surface area contributed by atoms with Gasteiger partial charge in [-0.25, -0.2) is 0 Å². The van der Waals surface area contributed by atoms with E-state index in [4.69, 9.17) is 15.2 Å². The van der Waals surface area contributed by atoms with E-state index in [1.54, 1.807) is 20.3 Å². The van der Waals surface area contributed by atoms with E-state index in [2.05, 4.69) is 10.2 Å². The van der Waals surface area contributed by atoms with E-state index in [1.165, 1.54) is 0 Å². The normalized spacial score (nSPS) is 15.0. The molecule has 0 bridgehead atoms. The molecule has 0 unspecified atom stereocenters. The van der Waals surface area contributed by atoms with Gasteiger partial charge in [0.1, 0.15) is 11.5 Å². The van der Waals surface area contributed by atoms with Crippen molar-refractivity contribution >= 4 is 17.3 Å².